The van der Waals surface area contributed by atoms with Gasteiger partial charge in [0.2, 0.25) is 0 Å². The first-order valence-electron chi connectivity index (χ1n) is 14.8. The molecule has 2 aromatic carbocycles. The van der Waals surface area contributed by atoms with Crippen molar-refractivity contribution in [2.45, 2.75) is 33.1 Å². The monoisotopic (exact) mass is 591 g/mol. The van der Waals surface area contributed by atoms with Gasteiger partial charge in [-0.05, 0) is 72.0 Å². The van der Waals surface area contributed by atoms with Gasteiger partial charge in [0.05, 0.1) is 34.5 Å². The zero-order chi connectivity index (χ0) is 30.6. The molecule has 0 bridgehead atoms. The third-order valence-electron chi connectivity index (χ3n) is 8.09. The largest absolute Gasteiger partial charge is 0.466 e. The van der Waals surface area contributed by atoms with Crippen LogP contribution in [0.3, 0.4) is 0 Å². The molecule has 2 unspecified atom stereocenters. The minimum absolute atomic E-state index is 0.0150. The number of hydrogen-bond donors (Lipinski definition) is 2. The van der Waals surface area contributed by atoms with E-state index >= 15 is 0 Å². The Morgan fingerprint density at radius 1 is 0.727 bits per heavy atom. The fourth-order valence-electron chi connectivity index (χ4n) is 4.98. The highest BCUT2D eigenvalue weighted by atomic mass is 16.7. The number of fused-ring (bicyclic) bond motifs is 2. The number of aromatic nitrogens is 6. The van der Waals surface area contributed by atoms with Gasteiger partial charge in [-0.3, -0.25) is 0 Å². The summed E-state index contributed by atoms with van der Waals surface area (Å²) in [4.78, 5) is 27.2. The maximum atomic E-state index is 5.67. The first kappa shape index (κ1) is 29.1. The third-order valence-corrected chi connectivity index (χ3v) is 8.09. The average molecular weight is 592 g/mol. The predicted octanol–water partition coefficient (Wildman–Crippen LogP) is 7.17. The van der Waals surface area contributed by atoms with Crippen LogP contribution in [0.4, 0.5) is 5.69 Å². The Balaban J connectivity index is 0.980. The van der Waals surface area contributed by atoms with Crippen LogP contribution in [0.15, 0.2) is 73.1 Å². The molecule has 0 spiro atoms. The first-order chi connectivity index (χ1) is 21.4. The fourth-order valence-corrected chi connectivity index (χ4v) is 4.98. The summed E-state index contributed by atoms with van der Waals surface area (Å²) in [5.41, 5.74) is 7.68. The first-order valence-corrected chi connectivity index (χ1v) is 14.8. The van der Waals surface area contributed by atoms with Gasteiger partial charge in [0.1, 0.15) is 22.9 Å². The number of nitrogens with one attached hydrogen (secondary N) is 2. The quantitative estimate of drug-likeness (QED) is 0.114. The second kappa shape index (κ2) is 12.7. The number of ether oxygens (including phenoxy) is 3. The van der Waals surface area contributed by atoms with E-state index in [2.05, 4.69) is 74.9 Å². The normalized spacial score (nSPS) is 12.8. The van der Waals surface area contributed by atoms with E-state index in [1.165, 1.54) is 5.56 Å². The van der Waals surface area contributed by atoms with Crippen LogP contribution in [0.25, 0.3) is 45.1 Å². The van der Waals surface area contributed by atoms with Crippen LogP contribution in [0.5, 0.6) is 11.5 Å². The molecule has 4 heterocycles. The van der Waals surface area contributed by atoms with Crippen LogP contribution >= 0.6 is 0 Å². The van der Waals surface area contributed by atoms with Crippen LogP contribution in [-0.4, -0.2) is 57.6 Å². The van der Waals surface area contributed by atoms with Gasteiger partial charge in [0.25, 0.3) is 0 Å². The Bertz CT molecular complexity index is 1850. The summed E-state index contributed by atoms with van der Waals surface area (Å²) in [6, 6.07) is 20.0. The van der Waals surface area contributed by atoms with Crippen LogP contribution < -0.4 is 14.4 Å². The van der Waals surface area contributed by atoms with E-state index in [9.17, 15) is 0 Å². The summed E-state index contributed by atoms with van der Waals surface area (Å²) in [6.07, 6.45) is 4.45. The molecule has 2 atom stereocenters. The van der Waals surface area contributed by atoms with Crippen molar-refractivity contribution >= 4 is 27.8 Å². The summed E-state index contributed by atoms with van der Waals surface area (Å²) >= 11 is 0. The molecule has 0 amide bonds. The zero-order valence-electron chi connectivity index (χ0n) is 25.7. The van der Waals surface area contributed by atoms with E-state index in [1.807, 2.05) is 50.5 Å². The molecule has 10 heteroatoms. The van der Waals surface area contributed by atoms with Crippen molar-refractivity contribution in [3.05, 3.63) is 78.6 Å². The van der Waals surface area contributed by atoms with Crippen molar-refractivity contribution in [1.29, 1.82) is 0 Å². The highest BCUT2D eigenvalue weighted by Gasteiger charge is 2.15. The second-order valence-electron chi connectivity index (χ2n) is 11.2. The van der Waals surface area contributed by atoms with E-state index < -0.39 is 0 Å². The molecule has 4 aromatic heterocycles. The molecule has 44 heavy (non-hydrogen) atoms. The second-order valence-corrected chi connectivity index (χ2v) is 11.2. The summed E-state index contributed by atoms with van der Waals surface area (Å²) < 4.78 is 16.8. The van der Waals surface area contributed by atoms with Crippen molar-refractivity contribution in [2.24, 2.45) is 5.92 Å². The number of nitrogens with zero attached hydrogens (tertiary/aromatic N) is 5. The summed E-state index contributed by atoms with van der Waals surface area (Å²) in [5, 5.41) is 0. The van der Waals surface area contributed by atoms with Crippen molar-refractivity contribution in [3.63, 3.8) is 0 Å². The van der Waals surface area contributed by atoms with Gasteiger partial charge in [0.15, 0.2) is 25.2 Å². The molecule has 226 valence electrons. The summed E-state index contributed by atoms with van der Waals surface area (Å²) in [6.45, 7) is 6.83. The number of aromatic amines is 2. The highest BCUT2D eigenvalue weighted by Crippen LogP contribution is 2.29. The Morgan fingerprint density at radius 2 is 1.30 bits per heavy atom. The molecule has 0 aliphatic heterocycles. The molecule has 10 nitrogen and oxygen atoms in total. The molecular weight excluding hydrogens is 554 g/mol. The SMILES string of the molecule is CCC(C)C(C)c1ccc2nc(-c3ccc(OCOCOc4ccc(-c5nc6ccc(N(C)C)cc6[nH]5)nc4)cn3)[nH]c2c1. The molecule has 6 rings (SSSR count). The van der Waals surface area contributed by atoms with Gasteiger partial charge in [-0.25, -0.2) is 19.9 Å². The highest BCUT2D eigenvalue weighted by molar-refractivity contribution is 5.82. The summed E-state index contributed by atoms with van der Waals surface area (Å²) in [7, 11) is 4.02. The molecule has 0 saturated carbocycles. The lowest BCUT2D eigenvalue weighted by Crippen LogP contribution is -2.09. The van der Waals surface area contributed by atoms with E-state index in [4.69, 9.17) is 19.2 Å². The molecule has 0 aliphatic carbocycles. The molecule has 0 fully saturated rings. The van der Waals surface area contributed by atoms with E-state index in [0.717, 1.165) is 51.4 Å². The number of pyridine rings is 2. The van der Waals surface area contributed by atoms with Crippen LogP contribution in [-0.2, 0) is 4.74 Å². The van der Waals surface area contributed by atoms with E-state index in [1.54, 1.807) is 12.4 Å². The third kappa shape index (κ3) is 6.35. The van der Waals surface area contributed by atoms with Gasteiger partial charge in [-0.2, -0.15) is 0 Å². The molecule has 0 saturated heterocycles. The molecular formula is C34H37N7O3. The lowest BCUT2D eigenvalue weighted by Gasteiger charge is -2.18. The fraction of sp³-hybridized carbons (Fsp3) is 0.294. The number of benzene rings is 2. The van der Waals surface area contributed by atoms with Gasteiger partial charge < -0.3 is 29.1 Å². The van der Waals surface area contributed by atoms with Gasteiger partial charge in [-0.1, -0.05) is 33.3 Å². The molecule has 0 radical (unpaired) electrons. The minimum atomic E-state index is 0.0150. The van der Waals surface area contributed by atoms with Crippen LogP contribution in [0, 0.1) is 5.92 Å². The number of hydrogen-bond acceptors (Lipinski definition) is 8. The van der Waals surface area contributed by atoms with Crippen LogP contribution in [0.1, 0.15) is 38.7 Å². The smallest absolute Gasteiger partial charge is 0.192 e. The van der Waals surface area contributed by atoms with E-state index in [0.29, 0.717) is 29.2 Å². The van der Waals surface area contributed by atoms with Crippen molar-refractivity contribution in [1.82, 2.24) is 29.9 Å². The topological polar surface area (TPSA) is 114 Å². The molecule has 2 N–H and O–H groups in total. The van der Waals surface area contributed by atoms with Gasteiger partial charge >= 0.3 is 0 Å². The lowest BCUT2D eigenvalue weighted by atomic mass is 9.87. The van der Waals surface area contributed by atoms with Crippen LogP contribution in [0.2, 0.25) is 0 Å². The van der Waals surface area contributed by atoms with E-state index in [-0.39, 0.29) is 13.6 Å². The van der Waals surface area contributed by atoms with Gasteiger partial charge in [0, 0.05) is 19.8 Å². The van der Waals surface area contributed by atoms with Gasteiger partial charge in [-0.15, -0.1) is 0 Å². The number of rotatable bonds is 12. The predicted molar refractivity (Wildman–Crippen MR) is 173 cm³/mol. The maximum Gasteiger partial charge on any atom is 0.192 e. The number of imidazole rings is 2. The Labute approximate surface area is 256 Å². The standard InChI is InChI=1S/C34H37N7O3/c1-6-21(2)22(3)23-7-11-27-31(15-23)39-33(37-27)29-13-9-25(17-35-29)43-19-42-20-44-26-10-14-30(36-18-26)34-38-28-12-8-24(41(4)5)16-32(28)40-34/h7-18,21-22H,6,19-20H2,1-5H3,(H,37,39)(H,38,40). The lowest BCUT2D eigenvalue weighted by molar-refractivity contribution is -0.0538. The van der Waals surface area contributed by atoms with Crippen molar-refractivity contribution in [3.8, 4) is 34.5 Å². The van der Waals surface area contributed by atoms with Crippen molar-refractivity contribution < 1.29 is 14.2 Å². The molecule has 6 aromatic rings. The van der Waals surface area contributed by atoms with Crippen molar-refractivity contribution in [2.75, 3.05) is 32.6 Å². The Morgan fingerprint density at radius 3 is 1.82 bits per heavy atom. The minimum Gasteiger partial charge on any atom is -0.466 e. The Kier molecular flexibility index (Phi) is 8.42. The average Bonchev–Trinajstić information content (AvgIpc) is 3.68. The number of anilines is 1. The maximum absolute atomic E-state index is 5.67. The zero-order valence-corrected chi connectivity index (χ0v) is 25.7. The number of H-pyrrole nitrogens is 2. The summed E-state index contributed by atoms with van der Waals surface area (Å²) in [5.74, 6) is 3.70. The molecule has 0 aliphatic rings. The Hall–Kier alpha value is -4.96.